The van der Waals surface area contributed by atoms with Gasteiger partial charge in [-0.2, -0.15) is 0 Å². The molecule has 1 fully saturated rings. The zero-order valence-corrected chi connectivity index (χ0v) is 15.0. The first-order valence-electron chi connectivity index (χ1n) is 8.83. The second kappa shape index (κ2) is 7.24. The maximum absolute atomic E-state index is 10.3. The number of aliphatic hydroxyl groups is 1. The number of ether oxygens (including phenoxy) is 1. The molecular formula is C20H23ClN2O2. The summed E-state index contributed by atoms with van der Waals surface area (Å²) in [5.41, 5.74) is 4.69. The molecule has 2 heterocycles. The van der Waals surface area contributed by atoms with E-state index in [4.69, 9.17) is 16.3 Å². The van der Waals surface area contributed by atoms with Gasteiger partial charge in [0.25, 0.3) is 0 Å². The maximum atomic E-state index is 10.3. The van der Waals surface area contributed by atoms with E-state index in [0.29, 0.717) is 19.5 Å². The Morgan fingerprint density at radius 2 is 1.80 bits per heavy atom. The average Bonchev–Trinajstić information content (AvgIpc) is 2.64. The Morgan fingerprint density at radius 3 is 2.64 bits per heavy atom. The summed E-state index contributed by atoms with van der Waals surface area (Å²) in [5.74, 6) is 0. The Bertz CT molecular complexity index is 746. The van der Waals surface area contributed by atoms with Crippen LogP contribution in [0, 0.1) is 0 Å². The van der Waals surface area contributed by atoms with Crippen LogP contribution in [-0.4, -0.2) is 44.1 Å². The van der Waals surface area contributed by atoms with Crippen LogP contribution in [-0.2, 0) is 17.7 Å². The minimum atomic E-state index is -0.343. The van der Waals surface area contributed by atoms with Crippen molar-refractivity contribution in [1.29, 1.82) is 0 Å². The van der Waals surface area contributed by atoms with Crippen LogP contribution in [0.3, 0.4) is 0 Å². The van der Waals surface area contributed by atoms with Crippen LogP contribution in [0.2, 0.25) is 5.02 Å². The number of fused-ring (bicyclic) bond motifs is 1. The van der Waals surface area contributed by atoms with Gasteiger partial charge >= 0.3 is 0 Å². The summed E-state index contributed by atoms with van der Waals surface area (Å²) in [6, 6.07) is 14.4. The Balaban J connectivity index is 1.67. The lowest BCUT2D eigenvalue weighted by molar-refractivity contribution is 0.122. The van der Waals surface area contributed by atoms with Crippen molar-refractivity contribution in [1.82, 2.24) is 0 Å². The molecule has 132 valence electrons. The summed E-state index contributed by atoms with van der Waals surface area (Å²) in [5, 5.41) is 11.1. The molecule has 2 aromatic rings. The van der Waals surface area contributed by atoms with Crippen molar-refractivity contribution in [3.63, 3.8) is 0 Å². The highest BCUT2D eigenvalue weighted by Crippen LogP contribution is 2.34. The number of hydrogen-bond acceptors (Lipinski definition) is 4. The average molecular weight is 359 g/mol. The van der Waals surface area contributed by atoms with Crippen LogP contribution in [0.4, 0.5) is 11.4 Å². The highest BCUT2D eigenvalue weighted by atomic mass is 35.5. The normalized spacial score (nSPS) is 20.5. The van der Waals surface area contributed by atoms with E-state index >= 15 is 0 Å². The van der Waals surface area contributed by atoms with Crippen molar-refractivity contribution >= 4 is 23.0 Å². The summed E-state index contributed by atoms with van der Waals surface area (Å²) in [4.78, 5) is 4.59. The van der Waals surface area contributed by atoms with Crippen molar-refractivity contribution in [3.8, 4) is 0 Å². The van der Waals surface area contributed by atoms with Gasteiger partial charge in [0, 0.05) is 54.6 Å². The fourth-order valence-electron chi connectivity index (χ4n) is 3.81. The molecule has 1 unspecified atom stereocenters. The highest BCUT2D eigenvalue weighted by Gasteiger charge is 2.25. The maximum Gasteiger partial charge on any atom is 0.0756 e. The second-order valence-electron chi connectivity index (χ2n) is 6.70. The van der Waals surface area contributed by atoms with Gasteiger partial charge < -0.3 is 19.6 Å². The Hall–Kier alpha value is -1.75. The number of morpholine rings is 1. The van der Waals surface area contributed by atoms with Crippen LogP contribution in [0.15, 0.2) is 42.5 Å². The van der Waals surface area contributed by atoms with E-state index < -0.39 is 0 Å². The Kier molecular flexibility index (Phi) is 4.84. The third kappa shape index (κ3) is 3.47. The molecule has 25 heavy (non-hydrogen) atoms. The van der Waals surface area contributed by atoms with Crippen molar-refractivity contribution in [2.45, 2.75) is 19.1 Å². The van der Waals surface area contributed by atoms with Crippen molar-refractivity contribution in [2.24, 2.45) is 0 Å². The Labute approximate surface area is 153 Å². The molecule has 0 amide bonds. The molecule has 5 heteroatoms. The first-order chi connectivity index (χ1) is 12.2. The predicted molar refractivity (Wildman–Crippen MR) is 102 cm³/mol. The van der Waals surface area contributed by atoms with Crippen LogP contribution in [0.1, 0.15) is 11.1 Å². The molecule has 1 saturated heterocycles. The molecule has 0 radical (unpaired) electrons. The van der Waals surface area contributed by atoms with Crippen LogP contribution in [0.5, 0.6) is 0 Å². The van der Waals surface area contributed by atoms with Gasteiger partial charge in [-0.25, -0.2) is 0 Å². The van der Waals surface area contributed by atoms with Crippen LogP contribution >= 0.6 is 11.6 Å². The molecule has 2 aromatic carbocycles. The minimum Gasteiger partial charge on any atom is -0.391 e. The molecule has 4 nitrogen and oxygen atoms in total. The van der Waals surface area contributed by atoms with Gasteiger partial charge in [-0.3, -0.25) is 0 Å². The fourth-order valence-corrected chi connectivity index (χ4v) is 4.04. The monoisotopic (exact) mass is 358 g/mol. The SMILES string of the molecule is OC1Cc2ccccc2N(Cc2c(Cl)cccc2N2CCOCC2)C1. The summed E-state index contributed by atoms with van der Waals surface area (Å²) < 4.78 is 5.48. The standard InChI is InChI=1S/C20H23ClN2O2/c21-18-5-3-7-20(22-8-10-25-11-9-22)17(18)14-23-13-16(24)12-15-4-1-2-6-19(15)23/h1-7,16,24H,8-14H2. The first kappa shape index (κ1) is 16.7. The lowest BCUT2D eigenvalue weighted by Gasteiger charge is -2.36. The number of halogens is 1. The van der Waals surface area contributed by atoms with Gasteiger partial charge in [0.15, 0.2) is 0 Å². The smallest absolute Gasteiger partial charge is 0.0756 e. The topological polar surface area (TPSA) is 35.9 Å². The Morgan fingerprint density at radius 1 is 1.04 bits per heavy atom. The second-order valence-corrected chi connectivity index (χ2v) is 7.11. The molecule has 1 atom stereocenters. The number of rotatable bonds is 3. The lowest BCUT2D eigenvalue weighted by atomic mass is 9.98. The molecule has 2 aliphatic rings. The first-order valence-corrected chi connectivity index (χ1v) is 9.21. The number of benzene rings is 2. The third-order valence-electron chi connectivity index (χ3n) is 5.01. The van der Waals surface area contributed by atoms with E-state index in [9.17, 15) is 5.11 Å². The van der Waals surface area contributed by atoms with E-state index in [2.05, 4.69) is 34.1 Å². The number of hydrogen-bond donors (Lipinski definition) is 1. The molecule has 0 spiro atoms. The highest BCUT2D eigenvalue weighted by molar-refractivity contribution is 6.31. The quantitative estimate of drug-likeness (QED) is 0.914. The van der Waals surface area contributed by atoms with Gasteiger partial charge in [-0.05, 0) is 23.8 Å². The minimum absolute atomic E-state index is 0.343. The lowest BCUT2D eigenvalue weighted by Crippen LogP contribution is -2.40. The van der Waals surface area contributed by atoms with Gasteiger partial charge in [0.1, 0.15) is 0 Å². The van der Waals surface area contributed by atoms with Crippen molar-refractivity contribution < 1.29 is 9.84 Å². The van der Waals surface area contributed by atoms with E-state index in [1.54, 1.807) is 0 Å². The molecular weight excluding hydrogens is 336 g/mol. The van der Waals surface area contributed by atoms with Crippen LogP contribution < -0.4 is 9.80 Å². The number of aliphatic hydroxyl groups excluding tert-OH is 1. The fraction of sp³-hybridized carbons (Fsp3) is 0.400. The largest absolute Gasteiger partial charge is 0.391 e. The molecule has 0 saturated carbocycles. The predicted octanol–water partition coefficient (Wildman–Crippen LogP) is 3.10. The summed E-state index contributed by atoms with van der Waals surface area (Å²) >= 11 is 6.58. The number of nitrogens with zero attached hydrogens (tertiary/aromatic N) is 2. The zero-order chi connectivity index (χ0) is 17.2. The molecule has 0 aromatic heterocycles. The summed E-state index contributed by atoms with van der Waals surface area (Å²) in [6.07, 6.45) is 0.370. The van der Waals surface area contributed by atoms with E-state index in [0.717, 1.165) is 36.9 Å². The molecule has 0 aliphatic carbocycles. The molecule has 4 rings (SSSR count). The summed E-state index contributed by atoms with van der Waals surface area (Å²) in [6.45, 7) is 4.58. The van der Waals surface area contributed by atoms with Gasteiger partial charge in [-0.15, -0.1) is 0 Å². The zero-order valence-electron chi connectivity index (χ0n) is 14.2. The van der Waals surface area contributed by atoms with Gasteiger partial charge in [-0.1, -0.05) is 35.9 Å². The molecule has 1 N–H and O–H groups in total. The summed E-state index contributed by atoms with van der Waals surface area (Å²) in [7, 11) is 0. The van der Waals surface area contributed by atoms with Crippen molar-refractivity contribution in [2.75, 3.05) is 42.6 Å². The van der Waals surface area contributed by atoms with E-state index in [1.807, 2.05) is 18.2 Å². The van der Waals surface area contributed by atoms with Gasteiger partial charge in [0.2, 0.25) is 0 Å². The number of para-hydroxylation sites is 1. The van der Waals surface area contributed by atoms with Crippen LogP contribution in [0.25, 0.3) is 0 Å². The molecule has 0 bridgehead atoms. The van der Waals surface area contributed by atoms with E-state index in [1.165, 1.54) is 16.9 Å². The third-order valence-corrected chi connectivity index (χ3v) is 5.37. The van der Waals surface area contributed by atoms with Crippen molar-refractivity contribution in [3.05, 3.63) is 58.6 Å². The number of anilines is 2. The molecule has 2 aliphatic heterocycles. The van der Waals surface area contributed by atoms with Gasteiger partial charge in [0.05, 0.1) is 19.3 Å². The van der Waals surface area contributed by atoms with E-state index in [-0.39, 0.29) is 6.10 Å². The number of β-amino-alcohol motifs (C(OH)–C–C–N with tert-alkyl or cyclic N) is 1.